The van der Waals surface area contributed by atoms with Gasteiger partial charge < -0.3 is 0 Å². The minimum Gasteiger partial charge on any atom is -0.0527 e. The number of hydrogen-bond donors (Lipinski definition) is 0. The zero-order valence-electron chi connectivity index (χ0n) is 20.0. The molecule has 4 spiro atoms. The van der Waals surface area contributed by atoms with Crippen molar-refractivity contribution in [1.82, 2.24) is 0 Å². The third-order valence-corrected chi connectivity index (χ3v) is 17.9. The third-order valence-electron chi connectivity index (χ3n) is 17.9. The van der Waals surface area contributed by atoms with Crippen molar-refractivity contribution in [1.29, 1.82) is 0 Å². The van der Waals surface area contributed by atoms with Crippen LogP contribution in [0.25, 0.3) is 0 Å². The number of rotatable bonds is 0. The number of hydrogen-bond acceptors (Lipinski definition) is 0. The molecule has 12 aliphatic rings. The molecule has 12 rings (SSSR count). The predicted octanol–water partition coefficient (Wildman–Crippen LogP) is 7.18. The molecule has 170 valence electrons. The Balaban J connectivity index is 1.24. The molecule has 16 unspecified atom stereocenters. The van der Waals surface area contributed by atoms with E-state index < -0.39 is 0 Å². The summed E-state index contributed by atoms with van der Waals surface area (Å²) in [5.41, 5.74) is 3.79. The van der Waals surface area contributed by atoms with Crippen LogP contribution in [0.3, 0.4) is 0 Å². The van der Waals surface area contributed by atoms with Crippen LogP contribution in [0.5, 0.6) is 0 Å². The smallest absolute Gasteiger partial charge is 0.0130 e. The van der Waals surface area contributed by atoms with E-state index in [1.807, 2.05) is 0 Å². The summed E-state index contributed by atoms with van der Waals surface area (Å²) < 4.78 is 0. The molecule has 0 nitrogen and oxygen atoms in total. The van der Waals surface area contributed by atoms with E-state index in [-0.39, 0.29) is 0 Å². The summed E-state index contributed by atoms with van der Waals surface area (Å²) in [7, 11) is 0. The van der Waals surface area contributed by atoms with E-state index in [1.165, 1.54) is 82.9 Å². The zero-order chi connectivity index (χ0) is 20.0. The highest BCUT2D eigenvalue weighted by Gasteiger charge is 3.12. The summed E-state index contributed by atoms with van der Waals surface area (Å²) in [6.07, 6.45) is 23.5. The van der Waals surface area contributed by atoms with Gasteiger partial charge in [-0.25, -0.2) is 0 Å². The van der Waals surface area contributed by atoms with E-state index in [1.54, 1.807) is 89.9 Å². The first-order chi connectivity index (χ1) is 15.9. The Bertz CT molecular complexity index is 856. The van der Waals surface area contributed by atoms with Crippen LogP contribution >= 0.6 is 0 Å². The first kappa shape index (κ1) is 16.6. The van der Waals surface area contributed by atoms with Crippen molar-refractivity contribution in [2.75, 3.05) is 0 Å². The van der Waals surface area contributed by atoms with E-state index in [0.29, 0.717) is 0 Å². The Morgan fingerprint density at radius 2 is 0.625 bits per heavy atom. The Kier molecular flexibility index (Phi) is 2.27. The molecule has 0 aromatic heterocycles. The molecule has 16 atom stereocenters. The molecule has 0 heteroatoms. The zero-order valence-corrected chi connectivity index (χ0v) is 20.0. The van der Waals surface area contributed by atoms with Gasteiger partial charge >= 0.3 is 0 Å². The number of fused-ring (bicyclic) bond motifs is 2. The fourth-order valence-electron chi connectivity index (χ4n) is 19.7. The lowest BCUT2D eigenvalue weighted by Gasteiger charge is -2.97. The average Bonchev–Trinajstić information content (AvgIpc) is 3.26. The molecule has 0 radical (unpaired) electrons. The summed E-state index contributed by atoms with van der Waals surface area (Å²) >= 11 is 0. The van der Waals surface area contributed by atoms with Crippen molar-refractivity contribution in [2.45, 2.75) is 89.9 Å². The van der Waals surface area contributed by atoms with Gasteiger partial charge in [0.1, 0.15) is 0 Å². The van der Waals surface area contributed by atoms with Gasteiger partial charge in [0.05, 0.1) is 0 Å². The van der Waals surface area contributed by atoms with E-state index in [9.17, 15) is 0 Å². The topological polar surface area (TPSA) is 0 Å². The summed E-state index contributed by atoms with van der Waals surface area (Å²) in [5, 5.41) is 0. The maximum Gasteiger partial charge on any atom is -0.0130 e. The van der Waals surface area contributed by atoms with Crippen LogP contribution in [0, 0.1) is 105 Å². The SMILES string of the molecule is C1CC2CC3CCCC4C5CCCC6CC7CCCC8C(C1)C19C2C3C42C1C1C89C7C6C512. The van der Waals surface area contributed by atoms with Gasteiger partial charge in [0, 0.05) is 0 Å². The van der Waals surface area contributed by atoms with Gasteiger partial charge in [-0.2, -0.15) is 0 Å². The highest BCUT2D eigenvalue weighted by Crippen LogP contribution is 3.15. The van der Waals surface area contributed by atoms with Crippen molar-refractivity contribution < 1.29 is 0 Å². The van der Waals surface area contributed by atoms with E-state index in [4.69, 9.17) is 0 Å². The van der Waals surface area contributed by atoms with Crippen LogP contribution in [-0.4, -0.2) is 0 Å². The van der Waals surface area contributed by atoms with Crippen LogP contribution in [-0.2, 0) is 0 Å². The van der Waals surface area contributed by atoms with Gasteiger partial charge in [-0.05, 0) is 143 Å². The highest BCUT2D eigenvalue weighted by molar-refractivity contribution is 5.58. The second-order valence-corrected chi connectivity index (χ2v) is 16.5. The maximum atomic E-state index is 1.72. The minimum atomic E-state index is 0.947. The first-order valence-electron chi connectivity index (χ1n) is 15.9. The molecule has 12 saturated carbocycles. The molecule has 12 fully saturated rings. The summed E-state index contributed by atoms with van der Waals surface area (Å²) in [4.78, 5) is 0. The highest BCUT2D eigenvalue weighted by atomic mass is 15.2. The van der Waals surface area contributed by atoms with Crippen molar-refractivity contribution in [2.24, 2.45) is 105 Å². The molecular formula is C32H42. The molecule has 0 amide bonds. The fraction of sp³-hybridized carbons (Fsp3) is 1.00. The van der Waals surface area contributed by atoms with Gasteiger partial charge in [-0.1, -0.05) is 51.4 Å². The van der Waals surface area contributed by atoms with Crippen molar-refractivity contribution >= 4 is 0 Å². The van der Waals surface area contributed by atoms with Crippen LogP contribution in [0.4, 0.5) is 0 Å². The van der Waals surface area contributed by atoms with E-state index in [0.717, 1.165) is 21.7 Å². The average molecular weight is 427 g/mol. The molecule has 0 heterocycles. The Morgan fingerprint density at radius 3 is 0.906 bits per heavy atom. The normalized spacial score (nSPS) is 81.8. The lowest BCUT2D eigenvalue weighted by molar-refractivity contribution is -0.513. The van der Waals surface area contributed by atoms with Crippen LogP contribution in [0.2, 0.25) is 0 Å². The molecule has 0 aromatic carbocycles. The van der Waals surface area contributed by atoms with Crippen LogP contribution in [0.15, 0.2) is 0 Å². The lowest BCUT2D eigenvalue weighted by atomic mass is 9.06. The summed E-state index contributed by atoms with van der Waals surface area (Å²) in [6, 6.07) is 0. The van der Waals surface area contributed by atoms with Crippen molar-refractivity contribution in [3.63, 3.8) is 0 Å². The van der Waals surface area contributed by atoms with Gasteiger partial charge in [0.15, 0.2) is 0 Å². The van der Waals surface area contributed by atoms with Gasteiger partial charge in [0.25, 0.3) is 0 Å². The molecule has 0 aliphatic heterocycles. The second kappa shape index (κ2) is 4.36. The van der Waals surface area contributed by atoms with Gasteiger partial charge in [0.2, 0.25) is 0 Å². The monoisotopic (exact) mass is 426 g/mol. The second-order valence-electron chi connectivity index (χ2n) is 16.5. The Labute approximate surface area is 194 Å². The molecule has 32 heavy (non-hydrogen) atoms. The van der Waals surface area contributed by atoms with Crippen molar-refractivity contribution in [3.05, 3.63) is 0 Å². The maximum absolute atomic E-state index is 1.72. The van der Waals surface area contributed by atoms with Crippen molar-refractivity contribution in [3.8, 4) is 0 Å². The molecular weight excluding hydrogens is 384 g/mol. The van der Waals surface area contributed by atoms with Crippen LogP contribution < -0.4 is 0 Å². The van der Waals surface area contributed by atoms with E-state index in [2.05, 4.69) is 0 Å². The first-order valence-corrected chi connectivity index (χ1v) is 15.9. The Hall–Kier alpha value is 0. The Morgan fingerprint density at radius 1 is 0.344 bits per heavy atom. The molecule has 0 bridgehead atoms. The molecule has 0 saturated heterocycles. The summed E-state index contributed by atoms with van der Waals surface area (Å²) in [6.45, 7) is 0. The lowest BCUT2D eigenvalue weighted by Crippen LogP contribution is -2.94. The molecule has 0 aromatic rings. The third kappa shape index (κ3) is 1.01. The van der Waals surface area contributed by atoms with Gasteiger partial charge in [-0.3, -0.25) is 0 Å². The largest absolute Gasteiger partial charge is 0.0527 e. The van der Waals surface area contributed by atoms with E-state index >= 15 is 0 Å². The van der Waals surface area contributed by atoms with Crippen LogP contribution in [0.1, 0.15) is 89.9 Å². The quantitative estimate of drug-likeness (QED) is 0.385. The predicted molar refractivity (Wildman–Crippen MR) is 123 cm³/mol. The fourth-order valence-corrected chi connectivity index (χ4v) is 19.7. The minimum absolute atomic E-state index is 0.947. The standard InChI is InChI=1S/C32H42/c1-5-15-13-16-6-3-11-21-22-12-4-8-18-14-17-7-2-10-20-19(9-1)29-23(15)24(16)31(21)27(29)28-30(20,29)25(17)26(18)32(22,28)31/h15-28H,1-14H2. The van der Waals surface area contributed by atoms with Gasteiger partial charge in [-0.15, -0.1) is 0 Å². The molecule has 0 N–H and O–H groups in total. The summed E-state index contributed by atoms with van der Waals surface area (Å²) in [5.74, 6) is 17.4. The molecule has 12 aliphatic carbocycles.